The van der Waals surface area contributed by atoms with Crippen LogP contribution in [0.5, 0.6) is 17.6 Å². The molecule has 0 spiro atoms. The summed E-state index contributed by atoms with van der Waals surface area (Å²) >= 11 is 6.23. The summed E-state index contributed by atoms with van der Waals surface area (Å²) in [6.45, 7) is 9.13. The number of nitrogens with one attached hydrogen (secondary N) is 2. The topological polar surface area (TPSA) is 152 Å². The third-order valence-corrected chi connectivity index (χ3v) is 7.29. The number of pyridine rings is 1. The molecule has 2 atom stereocenters. The van der Waals surface area contributed by atoms with Gasteiger partial charge in [0.1, 0.15) is 34.4 Å². The molecule has 4 N–H and O–H groups in total. The van der Waals surface area contributed by atoms with Crippen LogP contribution in [-0.2, 0) is 9.53 Å². The number of carbonyl (C=O) groups excluding carboxylic acids is 1. The highest BCUT2D eigenvalue weighted by Crippen LogP contribution is 2.40. The van der Waals surface area contributed by atoms with E-state index in [1.54, 1.807) is 11.0 Å². The Kier molecular flexibility index (Phi) is 8.47. The largest absolute Gasteiger partial charge is 0.456 e. The standard InChI is InChI=1S/C27H30ClFN8O4/c1-3-21(38)36-7-9-37(10-8-36)25-15-5-6-33-26(41-24-16(12-30)18(31)11-17(29)22(24)28)23(15)34-27(35-25)40-20-14-32-13-19(20)39-4-2/h3,5-6,11-12,19-20,30,32H,1,4,7-10,13-14,31H2,2H3/t19-,20-/m1/s1. The van der Waals surface area contributed by atoms with Crippen molar-refractivity contribution >= 4 is 46.1 Å². The molecular formula is C27H30ClFN8O4. The molecule has 0 aliphatic carbocycles. The predicted molar refractivity (Wildman–Crippen MR) is 153 cm³/mol. The summed E-state index contributed by atoms with van der Waals surface area (Å²) in [6.07, 6.45) is 3.21. The lowest BCUT2D eigenvalue weighted by Gasteiger charge is -2.35. The van der Waals surface area contributed by atoms with E-state index < -0.39 is 5.82 Å². The van der Waals surface area contributed by atoms with Crippen LogP contribution >= 0.6 is 11.6 Å². The van der Waals surface area contributed by atoms with Crippen LogP contribution in [0.15, 0.2) is 31.0 Å². The van der Waals surface area contributed by atoms with Gasteiger partial charge < -0.3 is 40.5 Å². The van der Waals surface area contributed by atoms with E-state index in [0.29, 0.717) is 57.1 Å². The lowest BCUT2D eigenvalue weighted by Crippen LogP contribution is -2.48. The van der Waals surface area contributed by atoms with E-state index >= 15 is 0 Å². The summed E-state index contributed by atoms with van der Waals surface area (Å²) in [6, 6.07) is 2.84. The quantitative estimate of drug-likeness (QED) is 0.194. The van der Waals surface area contributed by atoms with Gasteiger partial charge in [-0.15, -0.1) is 0 Å². The summed E-state index contributed by atoms with van der Waals surface area (Å²) in [5.74, 6) is -0.539. The van der Waals surface area contributed by atoms with Gasteiger partial charge in [0, 0.05) is 64.0 Å². The smallest absolute Gasteiger partial charge is 0.319 e. The van der Waals surface area contributed by atoms with E-state index in [9.17, 15) is 9.18 Å². The van der Waals surface area contributed by atoms with E-state index in [1.807, 2.05) is 11.8 Å². The highest BCUT2D eigenvalue weighted by Gasteiger charge is 2.31. The van der Waals surface area contributed by atoms with E-state index in [2.05, 4.69) is 21.9 Å². The molecule has 3 aromatic rings. The molecule has 0 radical (unpaired) electrons. The van der Waals surface area contributed by atoms with Crippen molar-refractivity contribution in [3.05, 3.63) is 47.4 Å². The Balaban J connectivity index is 1.58. The fourth-order valence-electron chi connectivity index (χ4n) is 4.88. The first-order valence-corrected chi connectivity index (χ1v) is 13.5. The summed E-state index contributed by atoms with van der Waals surface area (Å²) in [5.41, 5.74) is 6.30. The lowest BCUT2D eigenvalue weighted by atomic mass is 10.1. The summed E-state index contributed by atoms with van der Waals surface area (Å²) in [7, 11) is 0. The van der Waals surface area contributed by atoms with Crippen LogP contribution in [0.3, 0.4) is 0 Å². The molecule has 0 saturated carbocycles. The van der Waals surface area contributed by atoms with Crippen LogP contribution < -0.4 is 25.4 Å². The fraction of sp³-hybridized carbons (Fsp3) is 0.370. The summed E-state index contributed by atoms with van der Waals surface area (Å²) in [4.78, 5) is 29.6. The van der Waals surface area contributed by atoms with Gasteiger partial charge in [-0.3, -0.25) is 4.79 Å². The minimum Gasteiger partial charge on any atom is -0.456 e. The summed E-state index contributed by atoms with van der Waals surface area (Å²) in [5, 5.41) is 11.3. The molecule has 0 unspecified atom stereocenters. The second-order valence-electron chi connectivity index (χ2n) is 9.42. The molecule has 216 valence electrons. The van der Waals surface area contributed by atoms with E-state index in [-0.39, 0.29) is 57.5 Å². The van der Waals surface area contributed by atoms with Crippen molar-refractivity contribution in [2.45, 2.75) is 19.1 Å². The molecule has 2 aromatic heterocycles. The molecule has 2 aliphatic heterocycles. The minimum atomic E-state index is -0.799. The number of hydrogen-bond donors (Lipinski definition) is 3. The van der Waals surface area contributed by atoms with Crippen molar-refractivity contribution < 1.29 is 23.4 Å². The van der Waals surface area contributed by atoms with Crippen molar-refractivity contribution in [2.75, 3.05) is 56.5 Å². The zero-order valence-corrected chi connectivity index (χ0v) is 23.2. The summed E-state index contributed by atoms with van der Waals surface area (Å²) < 4.78 is 32.6. The lowest BCUT2D eigenvalue weighted by molar-refractivity contribution is -0.126. The molecular weight excluding hydrogens is 555 g/mol. The molecule has 12 nitrogen and oxygen atoms in total. The third-order valence-electron chi connectivity index (χ3n) is 6.94. The number of fused-ring (bicyclic) bond motifs is 1. The number of aromatic nitrogens is 3. The first-order chi connectivity index (χ1) is 19.8. The normalized spacial score (nSPS) is 18.9. The molecule has 41 heavy (non-hydrogen) atoms. The number of benzene rings is 1. The number of amides is 1. The maximum atomic E-state index is 14.5. The maximum absolute atomic E-state index is 14.5. The number of nitrogens with zero attached hydrogens (tertiary/aromatic N) is 5. The molecule has 2 aliphatic rings. The van der Waals surface area contributed by atoms with Gasteiger partial charge in [0.2, 0.25) is 11.8 Å². The highest BCUT2D eigenvalue weighted by molar-refractivity contribution is 6.33. The average Bonchev–Trinajstić information content (AvgIpc) is 3.41. The molecule has 14 heteroatoms. The highest BCUT2D eigenvalue weighted by atomic mass is 35.5. The first kappa shape index (κ1) is 28.5. The van der Waals surface area contributed by atoms with Crippen molar-refractivity contribution in [3.63, 3.8) is 0 Å². The fourth-order valence-corrected chi connectivity index (χ4v) is 5.07. The molecule has 0 bridgehead atoms. The Morgan fingerprint density at radius 1 is 1.29 bits per heavy atom. The zero-order valence-electron chi connectivity index (χ0n) is 22.4. The van der Waals surface area contributed by atoms with Crippen molar-refractivity contribution in [3.8, 4) is 17.6 Å². The third kappa shape index (κ3) is 5.73. The van der Waals surface area contributed by atoms with E-state index in [0.717, 1.165) is 12.3 Å². The molecule has 2 fully saturated rings. The molecule has 2 saturated heterocycles. The molecule has 1 amide bonds. The van der Waals surface area contributed by atoms with Crippen molar-refractivity contribution in [1.82, 2.24) is 25.2 Å². The zero-order chi connectivity index (χ0) is 29.1. The van der Waals surface area contributed by atoms with Crippen LogP contribution in [-0.4, -0.2) is 90.1 Å². The van der Waals surface area contributed by atoms with Gasteiger partial charge in [0.05, 0.1) is 10.9 Å². The Bertz CT molecular complexity index is 1480. The van der Waals surface area contributed by atoms with Crippen LogP contribution in [0.25, 0.3) is 10.9 Å². The van der Waals surface area contributed by atoms with Gasteiger partial charge in [-0.25, -0.2) is 9.37 Å². The minimum absolute atomic E-state index is 0.00243. The first-order valence-electron chi connectivity index (χ1n) is 13.1. The number of nitrogens with two attached hydrogens (primary N) is 1. The van der Waals surface area contributed by atoms with Gasteiger partial charge in [0.15, 0.2) is 5.75 Å². The van der Waals surface area contributed by atoms with Crippen LogP contribution in [0.2, 0.25) is 5.02 Å². The number of nitrogen functional groups attached to an aromatic ring is 1. The van der Waals surface area contributed by atoms with Crippen LogP contribution in [0, 0.1) is 11.2 Å². The predicted octanol–water partition coefficient (Wildman–Crippen LogP) is 2.78. The SMILES string of the molecule is C=CC(=O)N1CCN(c2nc(O[C@@H]3CNC[C@H]3OCC)nc3c(Oc4c(Cl)c(F)cc(N)c4C=N)nccc23)CC1. The average molecular weight is 585 g/mol. The van der Waals surface area contributed by atoms with Gasteiger partial charge >= 0.3 is 6.01 Å². The Labute approximate surface area is 240 Å². The maximum Gasteiger partial charge on any atom is 0.319 e. The number of rotatable bonds is 9. The number of hydrogen-bond acceptors (Lipinski definition) is 11. The Hall–Kier alpha value is -4.07. The number of piperazine rings is 1. The number of anilines is 2. The molecule has 1 aromatic carbocycles. The Morgan fingerprint density at radius 3 is 2.76 bits per heavy atom. The monoisotopic (exact) mass is 584 g/mol. The number of halogens is 2. The molecule has 5 rings (SSSR count). The number of carbonyl (C=O) groups is 1. The Morgan fingerprint density at radius 2 is 2.05 bits per heavy atom. The van der Waals surface area contributed by atoms with Crippen LogP contribution in [0.1, 0.15) is 12.5 Å². The van der Waals surface area contributed by atoms with Gasteiger partial charge in [-0.2, -0.15) is 9.97 Å². The van der Waals surface area contributed by atoms with Gasteiger partial charge in [0.25, 0.3) is 0 Å². The van der Waals surface area contributed by atoms with Gasteiger partial charge in [-0.1, -0.05) is 18.2 Å². The second kappa shape index (κ2) is 12.2. The van der Waals surface area contributed by atoms with E-state index in [4.69, 9.17) is 41.9 Å². The molecule has 4 heterocycles. The van der Waals surface area contributed by atoms with E-state index in [1.165, 1.54) is 12.3 Å². The van der Waals surface area contributed by atoms with Crippen molar-refractivity contribution in [1.29, 1.82) is 5.41 Å². The van der Waals surface area contributed by atoms with Crippen molar-refractivity contribution in [2.24, 2.45) is 0 Å². The van der Waals surface area contributed by atoms with Crippen LogP contribution in [0.4, 0.5) is 15.9 Å². The van der Waals surface area contributed by atoms with Gasteiger partial charge in [-0.05, 0) is 25.1 Å². The number of ether oxygens (including phenoxy) is 3. The second-order valence-corrected chi connectivity index (χ2v) is 9.80.